The second kappa shape index (κ2) is 7.18. The van der Waals surface area contributed by atoms with E-state index in [-0.39, 0.29) is 10.8 Å². The minimum absolute atomic E-state index is 0.157. The first kappa shape index (κ1) is 18.3. The Morgan fingerprint density at radius 1 is 1.15 bits per heavy atom. The number of amides is 1. The molecule has 140 valence electrons. The molecule has 0 saturated carbocycles. The van der Waals surface area contributed by atoms with E-state index in [0.717, 1.165) is 34.1 Å². The smallest absolute Gasteiger partial charge is 0.258 e. The minimum atomic E-state index is -3.26. The summed E-state index contributed by atoms with van der Waals surface area (Å²) in [6, 6.07) is 10.2. The molecule has 3 heterocycles. The van der Waals surface area contributed by atoms with E-state index in [2.05, 4.69) is 5.32 Å². The molecule has 0 atom stereocenters. The Morgan fingerprint density at radius 2 is 1.85 bits per heavy atom. The van der Waals surface area contributed by atoms with Gasteiger partial charge in [0.25, 0.3) is 5.91 Å². The van der Waals surface area contributed by atoms with Crippen LogP contribution in [0.4, 0.5) is 5.69 Å². The molecule has 0 unspecified atom stereocenters. The number of thiophene rings is 1. The van der Waals surface area contributed by atoms with Gasteiger partial charge in [0.05, 0.1) is 10.5 Å². The van der Waals surface area contributed by atoms with Crippen molar-refractivity contribution in [1.82, 2.24) is 4.57 Å². The molecule has 0 saturated heterocycles. The molecule has 3 aromatic rings. The zero-order valence-electron chi connectivity index (χ0n) is 14.6. The topological polar surface area (TPSA) is 68.2 Å². The van der Waals surface area contributed by atoms with Gasteiger partial charge in [-0.05, 0) is 54.1 Å². The van der Waals surface area contributed by atoms with E-state index in [0.29, 0.717) is 5.69 Å². The van der Waals surface area contributed by atoms with Gasteiger partial charge < -0.3 is 9.88 Å². The summed E-state index contributed by atoms with van der Waals surface area (Å²) in [5, 5.41) is 3.86. The number of sulfone groups is 1. The molecule has 1 aromatic carbocycles. The summed E-state index contributed by atoms with van der Waals surface area (Å²) >= 11 is 3.56. The Bertz CT molecular complexity index is 1080. The fourth-order valence-corrected chi connectivity index (χ4v) is 6.16. The molecule has 1 N–H and O–H groups in total. The molecule has 4 rings (SSSR count). The molecule has 0 radical (unpaired) electrons. The molecule has 8 heteroatoms. The number of hydrogen-bond donors (Lipinski definition) is 1. The number of fused-ring (bicyclic) bond motifs is 1. The third kappa shape index (κ3) is 3.69. The fourth-order valence-electron chi connectivity index (χ4n) is 3.08. The highest BCUT2D eigenvalue weighted by Gasteiger charge is 2.26. The van der Waals surface area contributed by atoms with E-state index in [4.69, 9.17) is 0 Å². The van der Waals surface area contributed by atoms with Crippen LogP contribution in [0.2, 0.25) is 0 Å². The van der Waals surface area contributed by atoms with Crippen molar-refractivity contribution in [3.05, 3.63) is 64.8 Å². The lowest BCUT2D eigenvalue weighted by molar-refractivity contribution is 0.102. The number of thioether (sulfide) groups is 1. The van der Waals surface area contributed by atoms with Gasteiger partial charge in [-0.2, -0.15) is 11.8 Å². The van der Waals surface area contributed by atoms with Crippen molar-refractivity contribution in [1.29, 1.82) is 0 Å². The predicted molar refractivity (Wildman–Crippen MR) is 111 cm³/mol. The Hall–Kier alpha value is -2.03. The first-order valence-corrected chi connectivity index (χ1v) is 12.3. The molecule has 27 heavy (non-hydrogen) atoms. The molecule has 5 nitrogen and oxygen atoms in total. The summed E-state index contributed by atoms with van der Waals surface area (Å²) in [5.41, 5.74) is 2.43. The lowest BCUT2D eigenvalue weighted by Crippen LogP contribution is -2.16. The van der Waals surface area contributed by atoms with Crippen molar-refractivity contribution in [2.24, 2.45) is 0 Å². The second-order valence-electron chi connectivity index (χ2n) is 6.33. The van der Waals surface area contributed by atoms with Crippen LogP contribution in [0.1, 0.15) is 20.8 Å². The van der Waals surface area contributed by atoms with Crippen LogP contribution in [0.25, 0.3) is 5.00 Å². The quantitative estimate of drug-likeness (QED) is 0.696. The normalized spacial score (nSPS) is 14.0. The summed E-state index contributed by atoms with van der Waals surface area (Å²) in [5.74, 6) is 1.79. The molecular formula is C19H18N2O3S3. The van der Waals surface area contributed by atoms with Crippen molar-refractivity contribution >= 4 is 44.5 Å². The molecule has 0 aliphatic carbocycles. The summed E-state index contributed by atoms with van der Waals surface area (Å²) in [6.07, 6.45) is 5.94. The highest BCUT2D eigenvalue weighted by molar-refractivity contribution is 7.98. The number of aromatic nitrogens is 1. The first-order chi connectivity index (χ1) is 12.9. The minimum Gasteiger partial charge on any atom is -0.322 e. The number of nitrogens with one attached hydrogen (secondary N) is 1. The monoisotopic (exact) mass is 418 g/mol. The SMILES string of the molecule is CS(=O)(=O)c1ccc(NC(=O)c2c(-n3cccc3)sc3c2CCSC3)cc1. The molecular weight excluding hydrogens is 400 g/mol. The lowest BCUT2D eigenvalue weighted by atomic mass is 10.1. The molecule has 1 amide bonds. The third-order valence-electron chi connectivity index (χ3n) is 4.41. The molecule has 2 aromatic heterocycles. The zero-order valence-corrected chi connectivity index (χ0v) is 17.1. The van der Waals surface area contributed by atoms with Gasteiger partial charge in [0.2, 0.25) is 0 Å². The van der Waals surface area contributed by atoms with Crippen molar-refractivity contribution < 1.29 is 13.2 Å². The third-order valence-corrected chi connectivity index (χ3v) is 7.95. The largest absolute Gasteiger partial charge is 0.322 e. The molecule has 0 fully saturated rings. The number of anilines is 1. The average molecular weight is 419 g/mol. The van der Waals surface area contributed by atoms with E-state index in [9.17, 15) is 13.2 Å². The Morgan fingerprint density at radius 3 is 2.52 bits per heavy atom. The summed E-state index contributed by atoms with van der Waals surface area (Å²) in [6.45, 7) is 0. The summed E-state index contributed by atoms with van der Waals surface area (Å²) in [4.78, 5) is 14.6. The van der Waals surface area contributed by atoms with Gasteiger partial charge >= 0.3 is 0 Å². The maximum Gasteiger partial charge on any atom is 0.258 e. The summed E-state index contributed by atoms with van der Waals surface area (Å²) in [7, 11) is -3.26. The Labute approximate surface area is 166 Å². The van der Waals surface area contributed by atoms with Crippen LogP contribution in [-0.4, -0.2) is 30.9 Å². The second-order valence-corrected chi connectivity index (χ2v) is 10.5. The molecule has 1 aliphatic heterocycles. The van der Waals surface area contributed by atoms with Gasteiger partial charge in [0.15, 0.2) is 9.84 Å². The van der Waals surface area contributed by atoms with Crippen LogP contribution in [0.15, 0.2) is 53.7 Å². The number of nitrogens with zero attached hydrogens (tertiary/aromatic N) is 1. The first-order valence-electron chi connectivity index (χ1n) is 8.40. The van der Waals surface area contributed by atoms with E-state index in [1.165, 1.54) is 23.3 Å². The zero-order chi connectivity index (χ0) is 19.0. The maximum atomic E-state index is 13.1. The number of carbonyl (C=O) groups excluding carboxylic acids is 1. The van der Waals surface area contributed by atoms with Gasteiger partial charge in [0, 0.05) is 35.0 Å². The van der Waals surface area contributed by atoms with Crippen molar-refractivity contribution in [2.75, 3.05) is 17.3 Å². The lowest BCUT2D eigenvalue weighted by Gasteiger charge is -2.13. The molecule has 1 aliphatic rings. The molecule has 0 spiro atoms. The van der Waals surface area contributed by atoms with E-state index in [1.54, 1.807) is 23.5 Å². The van der Waals surface area contributed by atoms with Crippen molar-refractivity contribution in [2.45, 2.75) is 17.1 Å². The van der Waals surface area contributed by atoms with Crippen LogP contribution >= 0.6 is 23.1 Å². The Balaban J connectivity index is 1.68. The fraction of sp³-hybridized carbons (Fsp3) is 0.211. The van der Waals surface area contributed by atoms with Gasteiger partial charge in [-0.15, -0.1) is 11.3 Å². The average Bonchev–Trinajstić information content (AvgIpc) is 3.28. The van der Waals surface area contributed by atoms with Crippen LogP contribution in [0.5, 0.6) is 0 Å². The van der Waals surface area contributed by atoms with E-state index < -0.39 is 9.84 Å². The van der Waals surface area contributed by atoms with E-state index >= 15 is 0 Å². The predicted octanol–water partition coefficient (Wildman–Crippen LogP) is 3.98. The highest BCUT2D eigenvalue weighted by atomic mass is 32.2. The number of rotatable bonds is 4. The van der Waals surface area contributed by atoms with Crippen LogP contribution < -0.4 is 5.32 Å². The number of carbonyl (C=O) groups is 1. The van der Waals surface area contributed by atoms with Gasteiger partial charge in [-0.1, -0.05) is 0 Å². The number of hydrogen-bond acceptors (Lipinski definition) is 5. The van der Waals surface area contributed by atoms with E-state index in [1.807, 2.05) is 40.9 Å². The Kier molecular flexibility index (Phi) is 4.88. The maximum absolute atomic E-state index is 13.1. The van der Waals surface area contributed by atoms with Crippen LogP contribution in [-0.2, 0) is 22.0 Å². The standard InChI is InChI=1S/C19H18N2O3S3/c1-27(23,24)14-6-4-13(5-7-14)20-18(22)17-15-8-11-25-12-16(15)26-19(17)21-9-2-3-10-21/h2-7,9-10H,8,11-12H2,1H3,(H,20,22). The van der Waals surface area contributed by atoms with Crippen LogP contribution in [0.3, 0.4) is 0 Å². The van der Waals surface area contributed by atoms with Gasteiger partial charge in [-0.3, -0.25) is 4.79 Å². The van der Waals surface area contributed by atoms with Gasteiger partial charge in [-0.25, -0.2) is 8.42 Å². The molecule has 0 bridgehead atoms. The van der Waals surface area contributed by atoms with Crippen molar-refractivity contribution in [3.8, 4) is 5.00 Å². The summed E-state index contributed by atoms with van der Waals surface area (Å²) < 4.78 is 25.2. The number of benzene rings is 1. The highest BCUT2D eigenvalue weighted by Crippen LogP contribution is 2.38. The van der Waals surface area contributed by atoms with Crippen molar-refractivity contribution in [3.63, 3.8) is 0 Å². The van der Waals surface area contributed by atoms with Crippen LogP contribution in [0, 0.1) is 0 Å². The van der Waals surface area contributed by atoms with Gasteiger partial charge in [0.1, 0.15) is 5.00 Å².